The second-order valence-corrected chi connectivity index (χ2v) is 5.61. The van der Waals surface area contributed by atoms with Gasteiger partial charge in [-0.3, -0.25) is 0 Å². The molecule has 1 aromatic carbocycles. The van der Waals surface area contributed by atoms with Gasteiger partial charge in [0.2, 0.25) is 0 Å². The largest absolute Gasteiger partial charge is 0.497 e. The third-order valence-electron chi connectivity index (χ3n) is 1.97. The first kappa shape index (κ1) is 13.5. The molecule has 18 heavy (non-hydrogen) atoms. The number of halogens is 2. The number of nitrogens with zero attached hydrogens (tertiary/aromatic N) is 3. The van der Waals surface area contributed by atoms with Crippen molar-refractivity contribution in [2.24, 2.45) is 10.2 Å². The normalized spacial score (nSPS) is 12.8. The van der Waals surface area contributed by atoms with Crippen LogP contribution in [0.1, 0.15) is 5.56 Å². The fraction of sp³-hybridized carbons (Fsp3) is 0.100. The summed E-state index contributed by atoms with van der Waals surface area (Å²) >= 11 is 11.8. The van der Waals surface area contributed by atoms with E-state index in [0.717, 1.165) is 11.3 Å². The maximum absolute atomic E-state index is 6.03. The van der Waals surface area contributed by atoms with Crippen LogP contribution in [0.15, 0.2) is 34.5 Å². The van der Waals surface area contributed by atoms with Crippen molar-refractivity contribution in [2.75, 3.05) is 7.11 Å². The van der Waals surface area contributed by atoms with E-state index in [1.165, 1.54) is 20.9 Å². The van der Waals surface area contributed by atoms with Crippen molar-refractivity contribution in [3.63, 3.8) is 0 Å². The summed E-state index contributed by atoms with van der Waals surface area (Å²) in [6.07, 6.45) is 0. The predicted octanol–water partition coefficient (Wildman–Crippen LogP) is 3.37. The van der Waals surface area contributed by atoms with E-state index in [1.807, 2.05) is 0 Å². The Morgan fingerprint density at radius 3 is 2.61 bits per heavy atom. The van der Waals surface area contributed by atoms with Crippen LogP contribution in [0, 0.1) is 0 Å². The summed E-state index contributed by atoms with van der Waals surface area (Å²) in [4.78, 5) is 0. The first-order valence-electron chi connectivity index (χ1n) is 4.74. The van der Waals surface area contributed by atoms with Gasteiger partial charge >= 0.3 is 0 Å². The Balaban J connectivity index is 2.25. The number of hydrogen-bond acceptors (Lipinski definition) is 6. The molecule has 4 nitrogen and oxygen atoms in total. The molecule has 0 radical (unpaired) electrons. The van der Waals surface area contributed by atoms with Crippen molar-refractivity contribution < 1.29 is 4.74 Å². The van der Waals surface area contributed by atoms with Crippen molar-refractivity contribution >= 4 is 49.2 Å². The standard InChI is InChI=1S/C10H7Cl2N3OS2/c1-16-7-4-2-6(3-5-7)8(11)13-14-10-9(12)15-18-17-10/h2-5H,1H3/b13-8-,14-10+. The highest BCUT2D eigenvalue weighted by atomic mass is 35.5. The zero-order valence-electron chi connectivity index (χ0n) is 9.13. The first-order valence-corrected chi connectivity index (χ1v) is 7.60. The molecule has 94 valence electrons. The van der Waals surface area contributed by atoms with Gasteiger partial charge < -0.3 is 4.74 Å². The maximum Gasteiger partial charge on any atom is 0.188 e. The lowest BCUT2D eigenvalue weighted by Gasteiger charge is -2.00. The van der Waals surface area contributed by atoms with Gasteiger partial charge in [-0.05, 0) is 34.6 Å². The fourth-order valence-electron chi connectivity index (χ4n) is 1.09. The highest BCUT2D eigenvalue weighted by Gasteiger charge is 2.01. The van der Waals surface area contributed by atoms with Gasteiger partial charge in [0.15, 0.2) is 15.0 Å². The van der Waals surface area contributed by atoms with Gasteiger partial charge in [0.1, 0.15) is 5.75 Å². The zero-order valence-corrected chi connectivity index (χ0v) is 12.3. The van der Waals surface area contributed by atoms with Crippen molar-refractivity contribution in [1.29, 1.82) is 0 Å². The smallest absolute Gasteiger partial charge is 0.188 e. The topological polar surface area (TPSA) is 46.8 Å². The average Bonchev–Trinajstić information content (AvgIpc) is 2.81. The average molecular weight is 320 g/mol. The van der Waals surface area contributed by atoms with E-state index in [1.54, 1.807) is 31.4 Å². The van der Waals surface area contributed by atoms with Crippen LogP contribution in [-0.2, 0) is 0 Å². The Kier molecular flexibility index (Phi) is 4.71. The van der Waals surface area contributed by atoms with E-state index >= 15 is 0 Å². The number of hydrogen-bond donors (Lipinski definition) is 0. The Morgan fingerprint density at radius 2 is 2.06 bits per heavy atom. The highest BCUT2D eigenvalue weighted by molar-refractivity contribution is 7.66. The molecule has 0 fully saturated rings. The second kappa shape index (κ2) is 6.29. The van der Waals surface area contributed by atoms with E-state index in [9.17, 15) is 0 Å². The van der Waals surface area contributed by atoms with Crippen LogP contribution in [0.25, 0.3) is 0 Å². The molecule has 0 aliphatic heterocycles. The van der Waals surface area contributed by atoms with Gasteiger partial charge in [0.25, 0.3) is 0 Å². The number of ether oxygens (including phenoxy) is 1. The lowest BCUT2D eigenvalue weighted by molar-refractivity contribution is 0.415. The van der Waals surface area contributed by atoms with Crippen molar-refractivity contribution in [3.8, 4) is 5.75 Å². The maximum atomic E-state index is 6.03. The van der Waals surface area contributed by atoms with Gasteiger partial charge in [-0.1, -0.05) is 23.2 Å². The molecular weight excluding hydrogens is 313 g/mol. The minimum absolute atomic E-state index is 0.284. The Bertz CT molecular complexity index is 619. The molecular formula is C10H7Cl2N3OS2. The molecule has 0 N–H and O–H groups in total. The van der Waals surface area contributed by atoms with E-state index in [2.05, 4.69) is 14.6 Å². The minimum atomic E-state index is 0.284. The molecule has 1 heterocycles. The molecule has 0 atom stereocenters. The van der Waals surface area contributed by atoms with Gasteiger partial charge in [-0.25, -0.2) is 0 Å². The minimum Gasteiger partial charge on any atom is -0.497 e. The summed E-state index contributed by atoms with van der Waals surface area (Å²) in [6.45, 7) is 0. The van der Waals surface area contributed by atoms with Crippen molar-refractivity contribution in [1.82, 2.24) is 4.37 Å². The molecule has 0 aliphatic carbocycles. The molecule has 0 aliphatic rings. The third kappa shape index (κ3) is 3.29. The molecule has 0 amide bonds. The van der Waals surface area contributed by atoms with Crippen LogP contribution in [0.4, 0.5) is 0 Å². The van der Waals surface area contributed by atoms with Crippen molar-refractivity contribution in [3.05, 3.63) is 39.7 Å². The summed E-state index contributed by atoms with van der Waals surface area (Å²) in [5, 5.41) is 8.48. The molecule has 0 spiro atoms. The van der Waals surface area contributed by atoms with Gasteiger partial charge in [0, 0.05) is 16.1 Å². The molecule has 0 unspecified atom stereocenters. The van der Waals surface area contributed by atoms with E-state index in [4.69, 9.17) is 27.9 Å². The number of rotatable bonds is 3. The van der Waals surface area contributed by atoms with E-state index in [0.29, 0.717) is 9.82 Å². The van der Waals surface area contributed by atoms with Gasteiger partial charge in [0.05, 0.1) is 7.11 Å². The molecule has 1 aromatic heterocycles. The summed E-state index contributed by atoms with van der Waals surface area (Å²) in [5.74, 6) is 0.757. The Labute approximate surface area is 121 Å². The summed E-state index contributed by atoms with van der Waals surface area (Å²) in [6, 6.07) is 7.21. The monoisotopic (exact) mass is 319 g/mol. The van der Waals surface area contributed by atoms with Gasteiger partial charge in [-0.2, -0.15) is 4.37 Å². The second-order valence-electron chi connectivity index (χ2n) is 3.06. The van der Waals surface area contributed by atoms with Crippen LogP contribution in [0.2, 0.25) is 5.15 Å². The van der Waals surface area contributed by atoms with Crippen LogP contribution < -0.4 is 9.41 Å². The highest BCUT2D eigenvalue weighted by Crippen LogP contribution is 2.13. The predicted molar refractivity (Wildman–Crippen MR) is 75.9 cm³/mol. The van der Waals surface area contributed by atoms with E-state index < -0.39 is 0 Å². The summed E-state index contributed by atoms with van der Waals surface area (Å²) < 4.78 is 9.50. The number of benzene rings is 1. The zero-order chi connectivity index (χ0) is 13.0. The SMILES string of the molecule is COc1ccc(/C(Cl)=N/N=c2/ssnc2Cl)cc1. The van der Waals surface area contributed by atoms with Crippen LogP contribution in [0.5, 0.6) is 5.75 Å². The molecule has 2 aromatic rings. The fourth-order valence-corrected chi connectivity index (χ4v) is 3.16. The number of aromatic nitrogens is 1. The molecule has 0 saturated heterocycles. The first-order chi connectivity index (χ1) is 8.70. The Morgan fingerprint density at radius 1 is 1.33 bits per heavy atom. The van der Waals surface area contributed by atoms with Gasteiger partial charge in [-0.15, -0.1) is 10.2 Å². The summed E-state index contributed by atoms with van der Waals surface area (Å²) in [5.41, 5.74) is 0.755. The lowest BCUT2D eigenvalue weighted by Crippen LogP contribution is -1.95. The molecule has 0 bridgehead atoms. The van der Waals surface area contributed by atoms with Crippen LogP contribution in [0.3, 0.4) is 0 Å². The molecule has 8 heteroatoms. The number of methoxy groups -OCH3 is 1. The molecule has 0 saturated carbocycles. The third-order valence-corrected chi connectivity index (χ3v) is 4.42. The van der Waals surface area contributed by atoms with E-state index in [-0.39, 0.29) is 5.17 Å². The summed E-state index contributed by atoms with van der Waals surface area (Å²) in [7, 11) is 4.20. The van der Waals surface area contributed by atoms with Crippen LogP contribution >= 0.6 is 44.1 Å². The van der Waals surface area contributed by atoms with Crippen LogP contribution in [-0.4, -0.2) is 16.7 Å². The quantitative estimate of drug-likeness (QED) is 0.494. The van der Waals surface area contributed by atoms with Crippen molar-refractivity contribution in [2.45, 2.75) is 0 Å². The Hall–Kier alpha value is -0.950. The molecule has 2 rings (SSSR count). The lowest BCUT2D eigenvalue weighted by atomic mass is 10.2.